The first-order valence-corrected chi connectivity index (χ1v) is 13.3. The third-order valence-electron chi connectivity index (χ3n) is 6.23. The second kappa shape index (κ2) is 8.70. The zero-order valence-corrected chi connectivity index (χ0v) is 22.1. The first kappa shape index (κ1) is 24.4. The fraction of sp³-hybridized carbons (Fsp3) is 0.111. The standard InChI is InChI=1S/C27H18BrN5O3S/c1-27(2,15-30)18-9-7-16(8-10-18)23-25-24(20-13-19(28)11-12-21(20)31-23)32-26(34)33(25)37(35,36)22-6-4-3-5-17(22)14-29/h3-13H,1-2H3,(H,32,34). The third kappa shape index (κ3) is 3.91. The lowest BCUT2D eigenvalue weighted by Crippen LogP contribution is -2.26. The predicted molar refractivity (Wildman–Crippen MR) is 143 cm³/mol. The van der Waals surface area contributed by atoms with Gasteiger partial charge in [0.15, 0.2) is 0 Å². The fourth-order valence-electron chi connectivity index (χ4n) is 4.23. The number of aromatic amines is 1. The highest BCUT2D eigenvalue weighted by Gasteiger charge is 2.29. The van der Waals surface area contributed by atoms with E-state index in [-0.39, 0.29) is 21.7 Å². The van der Waals surface area contributed by atoms with Crippen LogP contribution in [-0.4, -0.2) is 22.4 Å². The van der Waals surface area contributed by atoms with E-state index in [0.717, 1.165) is 10.0 Å². The topological polar surface area (TPSA) is 132 Å². The van der Waals surface area contributed by atoms with Gasteiger partial charge in [-0.15, -0.1) is 0 Å². The van der Waals surface area contributed by atoms with Crippen LogP contribution in [0.5, 0.6) is 0 Å². The number of hydrogen-bond donors (Lipinski definition) is 1. The SMILES string of the molecule is CC(C)(C#N)c1ccc(-c2nc3ccc(Br)cc3c3[nH]c(=O)n(S(=O)(=O)c4ccccc4C#N)c23)cc1. The van der Waals surface area contributed by atoms with Crippen LogP contribution in [0.3, 0.4) is 0 Å². The van der Waals surface area contributed by atoms with E-state index in [1.807, 2.05) is 6.07 Å². The molecule has 8 nitrogen and oxygen atoms in total. The van der Waals surface area contributed by atoms with Crippen LogP contribution in [0, 0.1) is 22.7 Å². The Hall–Kier alpha value is -4.25. The molecule has 0 unspecified atom stereocenters. The summed E-state index contributed by atoms with van der Waals surface area (Å²) in [6.45, 7) is 3.60. The second-order valence-corrected chi connectivity index (χ2v) is 11.6. The van der Waals surface area contributed by atoms with Crippen molar-refractivity contribution in [3.8, 4) is 23.4 Å². The van der Waals surface area contributed by atoms with Gasteiger partial charge in [0.1, 0.15) is 16.5 Å². The molecule has 10 heteroatoms. The molecule has 0 saturated heterocycles. The summed E-state index contributed by atoms with van der Waals surface area (Å²) in [4.78, 5) is 20.4. The maximum atomic E-state index is 13.8. The molecular weight excluding hydrogens is 554 g/mol. The maximum Gasteiger partial charge on any atom is 0.340 e. The molecule has 0 radical (unpaired) electrons. The molecular formula is C27H18BrN5O3S. The van der Waals surface area contributed by atoms with Gasteiger partial charge in [-0.3, -0.25) is 0 Å². The number of benzene rings is 3. The van der Waals surface area contributed by atoms with Crippen LogP contribution in [0.2, 0.25) is 0 Å². The van der Waals surface area contributed by atoms with Gasteiger partial charge in [-0.25, -0.2) is 18.2 Å². The van der Waals surface area contributed by atoms with E-state index in [9.17, 15) is 23.7 Å². The Kier molecular flexibility index (Phi) is 5.75. The Morgan fingerprint density at radius 1 is 1.03 bits per heavy atom. The largest absolute Gasteiger partial charge is 0.340 e. The van der Waals surface area contributed by atoms with Crippen LogP contribution in [-0.2, 0) is 15.4 Å². The summed E-state index contributed by atoms with van der Waals surface area (Å²) in [6, 6.07) is 22.3. The number of nitriles is 2. The molecule has 3 aromatic carbocycles. The lowest BCUT2D eigenvalue weighted by atomic mass is 9.86. The lowest BCUT2D eigenvalue weighted by Gasteiger charge is -2.16. The van der Waals surface area contributed by atoms with Gasteiger partial charge >= 0.3 is 5.69 Å². The number of halogens is 1. The van der Waals surface area contributed by atoms with E-state index in [1.165, 1.54) is 18.2 Å². The Bertz CT molecular complexity index is 1980. The predicted octanol–water partition coefficient (Wildman–Crippen LogP) is 5.22. The number of H-pyrrole nitrogens is 1. The summed E-state index contributed by atoms with van der Waals surface area (Å²) in [5.74, 6) is 0. The van der Waals surface area contributed by atoms with Crippen LogP contribution in [0.4, 0.5) is 0 Å². The van der Waals surface area contributed by atoms with Crippen molar-refractivity contribution in [3.63, 3.8) is 0 Å². The maximum absolute atomic E-state index is 13.8. The summed E-state index contributed by atoms with van der Waals surface area (Å²) < 4.78 is 29.1. The molecule has 0 aliphatic heterocycles. The highest BCUT2D eigenvalue weighted by molar-refractivity contribution is 9.10. The monoisotopic (exact) mass is 571 g/mol. The van der Waals surface area contributed by atoms with E-state index >= 15 is 0 Å². The van der Waals surface area contributed by atoms with Crippen molar-refractivity contribution in [3.05, 3.63) is 92.8 Å². The summed E-state index contributed by atoms with van der Waals surface area (Å²) in [7, 11) is -4.48. The first-order valence-electron chi connectivity index (χ1n) is 11.1. The number of nitrogens with one attached hydrogen (secondary N) is 1. The Morgan fingerprint density at radius 3 is 2.41 bits per heavy atom. The molecule has 0 aliphatic rings. The van der Waals surface area contributed by atoms with Crippen molar-refractivity contribution >= 4 is 47.9 Å². The molecule has 0 saturated carbocycles. The van der Waals surface area contributed by atoms with Crippen LogP contribution in [0.1, 0.15) is 25.0 Å². The van der Waals surface area contributed by atoms with Gasteiger partial charge in [-0.2, -0.15) is 14.5 Å². The number of imidazole rings is 1. The van der Waals surface area contributed by atoms with Gasteiger partial charge in [0.25, 0.3) is 10.0 Å². The van der Waals surface area contributed by atoms with Crippen LogP contribution < -0.4 is 5.69 Å². The van der Waals surface area contributed by atoms with Crippen LogP contribution in [0.15, 0.2) is 80.9 Å². The minimum absolute atomic E-state index is 0.0654. The molecule has 2 aromatic heterocycles. The van der Waals surface area contributed by atoms with Gasteiger partial charge in [0.2, 0.25) is 0 Å². The molecule has 0 bridgehead atoms. The minimum atomic E-state index is -4.48. The molecule has 5 rings (SSSR count). The number of pyridine rings is 1. The summed E-state index contributed by atoms with van der Waals surface area (Å²) >= 11 is 3.43. The minimum Gasteiger partial charge on any atom is -0.304 e. The average Bonchev–Trinajstić information content (AvgIpc) is 3.26. The molecule has 0 fully saturated rings. The van der Waals surface area contributed by atoms with Gasteiger partial charge in [0.05, 0.1) is 33.8 Å². The Morgan fingerprint density at radius 2 is 1.73 bits per heavy atom. The van der Waals surface area contributed by atoms with Gasteiger partial charge in [0, 0.05) is 15.4 Å². The summed E-state index contributed by atoms with van der Waals surface area (Å²) in [5, 5.41) is 19.6. The number of nitrogens with zero attached hydrogens (tertiary/aromatic N) is 4. The van der Waals surface area contributed by atoms with E-state index in [4.69, 9.17) is 4.98 Å². The highest BCUT2D eigenvalue weighted by Crippen LogP contribution is 2.35. The van der Waals surface area contributed by atoms with Gasteiger partial charge < -0.3 is 4.98 Å². The molecule has 0 aliphatic carbocycles. The lowest BCUT2D eigenvalue weighted by molar-refractivity contribution is 0.587. The molecule has 0 spiro atoms. The molecule has 2 heterocycles. The second-order valence-electron chi connectivity index (χ2n) is 8.97. The zero-order valence-electron chi connectivity index (χ0n) is 19.7. The third-order valence-corrected chi connectivity index (χ3v) is 8.46. The Balaban J connectivity index is 1.90. The van der Waals surface area contributed by atoms with Crippen LogP contribution >= 0.6 is 15.9 Å². The quantitative estimate of drug-likeness (QED) is 0.314. The van der Waals surface area contributed by atoms with E-state index in [0.29, 0.717) is 26.0 Å². The summed E-state index contributed by atoms with van der Waals surface area (Å²) in [5.41, 5.74) is 0.840. The van der Waals surface area contributed by atoms with Crippen molar-refractivity contribution in [2.75, 3.05) is 0 Å². The number of aromatic nitrogens is 3. The fourth-order valence-corrected chi connectivity index (χ4v) is 6.11. The molecule has 0 atom stereocenters. The normalized spacial score (nSPS) is 11.9. The average molecular weight is 572 g/mol. The smallest absolute Gasteiger partial charge is 0.304 e. The number of rotatable bonds is 4. The van der Waals surface area contributed by atoms with Crippen molar-refractivity contribution in [1.29, 1.82) is 10.5 Å². The van der Waals surface area contributed by atoms with Gasteiger partial charge in [-0.05, 0) is 49.7 Å². The molecule has 1 N–H and O–H groups in total. The number of fused-ring (bicyclic) bond motifs is 3. The van der Waals surface area contributed by atoms with Gasteiger partial charge in [-0.1, -0.05) is 52.3 Å². The number of hydrogen-bond acceptors (Lipinski definition) is 6. The highest BCUT2D eigenvalue weighted by atomic mass is 79.9. The van der Waals surface area contributed by atoms with E-state index < -0.39 is 21.1 Å². The first-order chi connectivity index (χ1) is 17.6. The molecule has 5 aromatic rings. The van der Waals surface area contributed by atoms with Crippen molar-refractivity contribution in [1.82, 2.24) is 13.9 Å². The van der Waals surface area contributed by atoms with Crippen molar-refractivity contribution < 1.29 is 8.42 Å². The van der Waals surface area contributed by atoms with Crippen LogP contribution in [0.25, 0.3) is 33.2 Å². The zero-order chi connectivity index (χ0) is 26.5. The molecule has 0 amide bonds. The summed E-state index contributed by atoms with van der Waals surface area (Å²) in [6.07, 6.45) is 0. The van der Waals surface area contributed by atoms with Crippen molar-refractivity contribution in [2.45, 2.75) is 24.2 Å². The van der Waals surface area contributed by atoms with E-state index in [2.05, 4.69) is 27.0 Å². The molecule has 37 heavy (non-hydrogen) atoms. The Labute approximate surface area is 220 Å². The van der Waals surface area contributed by atoms with E-state index in [1.54, 1.807) is 62.4 Å². The van der Waals surface area contributed by atoms with Crippen molar-refractivity contribution in [2.24, 2.45) is 0 Å². The molecule has 182 valence electrons.